The molecule has 1 N–H and O–H groups in total. The van der Waals surface area contributed by atoms with Gasteiger partial charge in [0.15, 0.2) is 0 Å². The SMILES string of the molecule is O=C(NC1CCS(=O)(=O)CC1)c1cccc([N+](=O)[O-])c1Cl. The summed E-state index contributed by atoms with van der Waals surface area (Å²) in [7, 11) is -3.01. The van der Waals surface area contributed by atoms with Crippen LogP contribution < -0.4 is 5.32 Å². The molecule has 0 bridgehead atoms. The third-order valence-electron chi connectivity index (χ3n) is 3.31. The van der Waals surface area contributed by atoms with Gasteiger partial charge in [-0.05, 0) is 18.9 Å². The summed E-state index contributed by atoms with van der Waals surface area (Å²) >= 11 is 5.86. The van der Waals surface area contributed by atoms with Gasteiger partial charge < -0.3 is 5.32 Å². The van der Waals surface area contributed by atoms with Crippen LogP contribution >= 0.6 is 11.6 Å². The second kappa shape index (κ2) is 5.98. The van der Waals surface area contributed by atoms with Crippen LogP contribution in [0.1, 0.15) is 23.2 Å². The molecule has 0 radical (unpaired) electrons. The summed E-state index contributed by atoms with van der Waals surface area (Å²) in [6, 6.07) is 3.72. The molecule has 1 heterocycles. The van der Waals surface area contributed by atoms with E-state index in [0.717, 1.165) is 0 Å². The van der Waals surface area contributed by atoms with Gasteiger partial charge in [-0.15, -0.1) is 0 Å². The normalized spacial score (nSPS) is 18.1. The number of carbonyl (C=O) groups excluding carboxylic acids is 1. The molecule has 114 valence electrons. The summed E-state index contributed by atoms with van der Waals surface area (Å²) in [5.41, 5.74) is -0.324. The van der Waals surface area contributed by atoms with E-state index in [2.05, 4.69) is 5.32 Å². The molecule has 0 unspecified atom stereocenters. The number of hydrogen-bond donors (Lipinski definition) is 1. The van der Waals surface area contributed by atoms with Crippen molar-refractivity contribution in [2.75, 3.05) is 11.5 Å². The Balaban J connectivity index is 2.11. The highest BCUT2D eigenvalue weighted by Gasteiger charge is 2.26. The van der Waals surface area contributed by atoms with Gasteiger partial charge in [-0.25, -0.2) is 8.42 Å². The van der Waals surface area contributed by atoms with Crippen LogP contribution in [0, 0.1) is 10.1 Å². The van der Waals surface area contributed by atoms with E-state index in [-0.39, 0.29) is 33.8 Å². The lowest BCUT2D eigenvalue weighted by molar-refractivity contribution is -0.384. The van der Waals surface area contributed by atoms with Crippen molar-refractivity contribution < 1.29 is 18.1 Å². The predicted molar refractivity (Wildman–Crippen MR) is 77.2 cm³/mol. The average Bonchev–Trinajstić information content (AvgIpc) is 2.41. The van der Waals surface area contributed by atoms with Crippen LogP contribution in [0.5, 0.6) is 0 Å². The maximum Gasteiger partial charge on any atom is 0.288 e. The van der Waals surface area contributed by atoms with Gasteiger partial charge in [-0.1, -0.05) is 17.7 Å². The fraction of sp³-hybridized carbons (Fsp3) is 0.417. The number of nitro benzene ring substituents is 1. The van der Waals surface area contributed by atoms with Gasteiger partial charge >= 0.3 is 0 Å². The van der Waals surface area contributed by atoms with Crippen molar-refractivity contribution in [2.45, 2.75) is 18.9 Å². The fourth-order valence-corrected chi connectivity index (χ4v) is 3.91. The van der Waals surface area contributed by atoms with E-state index >= 15 is 0 Å². The molecule has 0 spiro atoms. The molecule has 1 aromatic rings. The summed E-state index contributed by atoms with van der Waals surface area (Å²) < 4.78 is 22.6. The maximum atomic E-state index is 12.1. The maximum absolute atomic E-state index is 12.1. The topological polar surface area (TPSA) is 106 Å². The molecule has 1 aliphatic heterocycles. The van der Waals surface area contributed by atoms with E-state index in [1.54, 1.807) is 0 Å². The second-order valence-corrected chi connectivity index (χ2v) is 7.48. The minimum Gasteiger partial charge on any atom is -0.349 e. The number of benzene rings is 1. The molecule has 0 atom stereocenters. The summed E-state index contributed by atoms with van der Waals surface area (Å²) in [6.45, 7) is 0. The molecule has 1 aromatic carbocycles. The Labute approximate surface area is 126 Å². The van der Waals surface area contributed by atoms with Crippen molar-refractivity contribution in [1.29, 1.82) is 0 Å². The van der Waals surface area contributed by atoms with Crippen LogP contribution in [0.4, 0.5) is 5.69 Å². The van der Waals surface area contributed by atoms with Crippen LogP contribution in [-0.4, -0.2) is 36.8 Å². The fourth-order valence-electron chi connectivity index (χ4n) is 2.13. The third-order valence-corrected chi connectivity index (χ3v) is 5.42. The van der Waals surface area contributed by atoms with E-state index in [1.807, 2.05) is 0 Å². The van der Waals surface area contributed by atoms with E-state index < -0.39 is 20.7 Å². The number of carbonyl (C=O) groups is 1. The van der Waals surface area contributed by atoms with E-state index in [0.29, 0.717) is 12.8 Å². The Bertz CT molecular complexity index is 675. The second-order valence-electron chi connectivity index (χ2n) is 4.80. The van der Waals surface area contributed by atoms with Gasteiger partial charge in [0.1, 0.15) is 14.9 Å². The molecule has 0 saturated carbocycles. The van der Waals surface area contributed by atoms with Gasteiger partial charge in [0.2, 0.25) is 0 Å². The number of amides is 1. The van der Waals surface area contributed by atoms with Crippen LogP contribution in [0.2, 0.25) is 5.02 Å². The van der Waals surface area contributed by atoms with E-state index in [4.69, 9.17) is 11.6 Å². The molecule has 0 aliphatic carbocycles. The molecule has 0 aromatic heterocycles. The first-order valence-corrected chi connectivity index (χ1v) is 8.44. The van der Waals surface area contributed by atoms with Gasteiger partial charge in [-0.3, -0.25) is 14.9 Å². The van der Waals surface area contributed by atoms with Crippen LogP contribution in [0.25, 0.3) is 0 Å². The Hall–Kier alpha value is -1.67. The minimum absolute atomic E-state index is 0.0132. The zero-order valence-corrected chi connectivity index (χ0v) is 12.5. The zero-order valence-electron chi connectivity index (χ0n) is 10.9. The lowest BCUT2D eigenvalue weighted by atomic mass is 10.1. The Morgan fingerprint density at radius 1 is 1.33 bits per heavy atom. The molecule has 1 fully saturated rings. The van der Waals surface area contributed by atoms with Gasteiger partial charge in [0.25, 0.3) is 11.6 Å². The molecule has 1 aliphatic rings. The quantitative estimate of drug-likeness (QED) is 0.667. The summed E-state index contributed by atoms with van der Waals surface area (Å²) in [5, 5.41) is 13.2. The Kier molecular flexibility index (Phi) is 4.48. The molecule has 1 saturated heterocycles. The first-order valence-electron chi connectivity index (χ1n) is 6.24. The number of sulfone groups is 1. The van der Waals surface area contributed by atoms with Crippen molar-refractivity contribution >= 4 is 33.0 Å². The molecular formula is C12H13ClN2O5S. The van der Waals surface area contributed by atoms with Crippen molar-refractivity contribution in [3.63, 3.8) is 0 Å². The molecule has 1 amide bonds. The summed E-state index contributed by atoms with van der Waals surface area (Å²) in [6.07, 6.45) is 0.668. The average molecular weight is 333 g/mol. The summed E-state index contributed by atoms with van der Waals surface area (Å²) in [5.74, 6) is -0.477. The van der Waals surface area contributed by atoms with Crippen molar-refractivity contribution in [2.24, 2.45) is 0 Å². The van der Waals surface area contributed by atoms with Gasteiger partial charge in [-0.2, -0.15) is 0 Å². The standard InChI is InChI=1S/C12H13ClN2O5S/c13-11-9(2-1-3-10(11)15(17)18)12(16)14-8-4-6-21(19,20)7-5-8/h1-3,8H,4-7H2,(H,14,16). The van der Waals surface area contributed by atoms with Gasteiger partial charge in [0, 0.05) is 12.1 Å². The molecule has 2 rings (SSSR count). The van der Waals surface area contributed by atoms with Crippen molar-refractivity contribution in [1.82, 2.24) is 5.32 Å². The zero-order chi connectivity index (χ0) is 15.6. The number of nitrogens with zero attached hydrogens (tertiary/aromatic N) is 1. The highest BCUT2D eigenvalue weighted by molar-refractivity contribution is 7.91. The molecule has 9 heteroatoms. The Morgan fingerprint density at radius 2 is 1.95 bits per heavy atom. The number of nitro groups is 1. The largest absolute Gasteiger partial charge is 0.349 e. The van der Waals surface area contributed by atoms with Crippen LogP contribution in [0.15, 0.2) is 18.2 Å². The number of hydrogen-bond acceptors (Lipinski definition) is 5. The number of nitrogens with one attached hydrogen (secondary N) is 1. The molecule has 21 heavy (non-hydrogen) atoms. The lowest BCUT2D eigenvalue weighted by Gasteiger charge is -2.23. The van der Waals surface area contributed by atoms with E-state index in [1.165, 1.54) is 18.2 Å². The first-order chi connectivity index (χ1) is 9.80. The van der Waals surface area contributed by atoms with Crippen molar-refractivity contribution in [3.05, 3.63) is 38.9 Å². The predicted octanol–water partition coefficient (Wildman–Crippen LogP) is 1.56. The third kappa shape index (κ3) is 3.70. The first kappa shape index (κ1) is 15.7. The highest BCUT2D eigenvalue weighted by atomic mass is 35.5. The monoisotopic (exact) mass is 332 g/mol. The molecular weight excluding hydrogens is 320 g/mol. The lowest BCUT2D eigenvalue weighted by Crippen LogP contribution is -2.40. The molecule has 7 nitrogen and oxygen atoms in total. The summed E-state index contributed by atoms with van der Waals surface area (Å²) in [4.78, 5) is 22.2. The Morgan fingerprint density at radius 3 is 2.52 bits per heavy atom. The smallest absolute Gasteiger partial charge is 0.288 e. The van der Waals surface area contributed by atoms with E-state index in [9.17, 15) is 23.3 Å². The minimum atomic E-state index is -3.01. The van der Waals surface area contributed by atoms with Crippen LogP contribution in [-0.2, 0) is 9.84 Å². The number of rotatable bonds is 3. The van der Waals surface area contributed by atoms with Crippen molar-refractivity contribution in [3.8, 4) is 0 Å². The highest BCUT2D eigenvalue weighted by Crippen LogP contribution is 2.27. The van der Waals surface area contributed by atoms with Crippen LogP contribution in [0.3, 0.4) is 0 Å². The number of halogens is 1. The van der Waals surface area contributed by atoms with Gasteiger partial charge in [0.05, 0.1) is 22.0 Å².